The first-order chi connectivity index (χ1) is 12.8. The smallest absolute Gasteiger partial charge is 0.0635 e. The Balaban J connectivity index is 1.90. The molecule has 0 spiro atoms. The van der Waals surface area contributed by atoms with E-state index in [9.17, 15) is 5.41 Å². The highest BCUT2D eigenvalue weighted by Crippen LogP contribution is 2.44. The van der Waals surface area contributed by atoms with Crippen molar-refractivity contribution < 1.29 is 0 Å². The quantitative estimate of drug-likeness (QED) is 0.639. The first-order valence-electron chi connectivity index (χ1n) is 11.7. The van der Waals surface area contributed by atoms with Crippen LogP contribution in [-0.2, 0) is 0 Å². The highest BCUT2D eigenvalue weighted by molar-refractivity contribution is 5.92. The molecule has 3 aliphatic rings. The Morgan fingerprint density at radius 3 is 2.04 bits per heavy atom. The fourth-order valence-electron chi connectivity index (χ4n) is 7.08. The van der Waals surface area contributed by atoms with E-state index < -0.39 is 0 Å². The number of rotatable bonds is 2. The van der Waals surface area contributed by atoms with Crippen LogP contribution in [0.2, 0.25) is 0 Å². The maximum Gasteiger partial charge on any atom is 0.0635 e. The fourth-order valence-corrected chi connectivity index (χ4v) is 7.08. The summed E-state index contributed by atoms with van der Waals surface area (Å²) in [5, 5.41) is 17.1. The molecule has 2 bridgehead atoms. The summed E-state index contributed by atoms with van der Waals surface area (Å²) < 4.78 is 0. The second kappa shape index (κ2) is 7.35. The molecule has 0 saturated carbocycles. The molecule has 0 aliphatic carbocycles. The normalized spacial score (nSPS) is 37.6. The van der Waals surface area contributed by atoms with E-state index in [4.69, 9.17) is 0 Å². The lowest BCUT2D eigenvalue weighted by molar-refractivity contribution is -0.0392. The summed E-state index contributed by atoms with van der Waals surface area (Å²) in [6.07, 6.45) is 8.60. The molecule has 3 unspecified atom stereocenters. The zero-order valence-corrected chi connectivity index (χ0v) is 19.8. The largest absolute Gasteiger partial charge is 0.308 e. The molecule has 0 aromatic carbocycles. The zero-order valence-electron chi connectivity index (χ0n) is 19.8. The number of piperidine rings is 2. The van der Waals surface area contributed by atoms with Crippen molar-refractivity contribution in [1.29, 1.82) is 5.41 Å². The Bertz CT molecular complexity index is 573. The fraction of sp³-hybridized carbons (Fsp3) is 0.958. The summed E-state index contributed by atoms with van der Waals surface area (Å²) in [6, 6.07) is 0.586. The van der Waals surface area contributed by atoms with Crippen LogP contribution in [-0.4, -0.2) is 51.4 Å². The molecule has 3 aliphatic heterocycles. The van der Waals surface area contributed by atoms with Gasteiger partial charge in [0.15, 0.2) is 0 Å². The monoisotopic (exact) mass is 390 g/mol. The average Bonchev–Trinajstić information content (AvgIpc) is 2.55. The standard InChI is InChI=1S/C24H46N4/c1-21(2)15-17(16-22(3,4)27-21)26-20-19(25)18-13-11-9-10-12-14-28(23(18,5)6)24(20,7)8/h17-18,20,25-27H,9-16H2,1-8H3. The van der Waals surface area contributed by atoms with Crippen molar-refractivity contribution in [3.05, 3.63) is 0 Å². The van der Waals surface area contributed by atoms with Crippen molar-refractivity contribution in [3.63, 3.8) is 0 Å². The van der Waals surface area contributed by atoms with Crippen molar-refractivity contribution >= 4 is 5.71 Å². The Labute approximate surface area is 174 Å². The lowest BCUT2D eigenvalue weighted by atomic mass is 9.66. The molecule has 3 saturated heterocycles. The molecular formula is C24H46N4. The Morgan fingerprint density at radius 1 is 0.857 bits per heavy atom. The van der Waals surface area contributed by atoms with Crippen LogP contribution >= 0.6 is 0 Å². The molecule has 3 fully saturated rings. The number of fused-ring (bicyclic) bond motifs is 2. The van der Waals surface area contributed by atoms with Gasteiger partial charge in [-0.15, -0.1) is 0 Å². The Hall–Kier alpha value is -0.450. The minimum absolute atomic E-state index is 0.0411. The second-order valence-electron chi connectivity index (χ2n) is 12.3. The van der Waals surface area contributed by atoms with Gasteiger partial charge in [-0.2, -0.15) is 0 Å². The molecule has 28 heavy (non-hydrogen) atoms. The van der Waals surface area contributed by atoms with Crippen LogP contribution in [0.15, 0.2) is 0 Å². The van der Waals surface area contributed by atoms with Gasteiger partial charge in [-0.25, -0.2) is 0 Å². The van der Waals surface area contributed by atoms with Gasteiger partial charge in [-0.3, -0.25) is 4.90 Å². The molecule has 0 amide bonds. The minimum atomic E-state index is -0.0411. The van der Waals surface area contributed by atoms with Gasteiger partial charge in [-0.1, -0.05) is 19.3 Å². The molecule has 0 aromatic heterocycles. The minimum Gasteiger partial charge on any atom is -0.308 e. The molecule has 4 nitrogen and oxygen atoms in total. The summed E-state index contributed by atoms with van der Waals surface area (Å²) in [7, 11) is 0. The lowest BCUT2D eigenvalue weighted by Gasteiger charge is -2.61. The number of hydrogen-bond acceptors (Lipinski definition) is 4. The topological polar surface area (TPSA) is 51.2 Å². The summed E-state index contributed by atoms with van der Waals surface area (Å²) in [4.78, 5) is 2.75. The lowest BCUT2D eigenvalue weighted by Crippen LogP contribution is -2.76. The van der Waals surface area contributed by atoms with Gasteiger partial charge in [0.25, 0.3) is 0 Å². The van der Waals surface area contributed by atoms with Gasteiger partial charge in [0.05, 0.1) is 6.04 Å². The first kappa shape index (κ1) is 22.2. The van der Waals surface area contributed by atoms with Crippen LogP contribution < -0.4 is 10.6 Å². The first-order valence-corrected chi connectivity index (χ1v) is 11.7. The maximum absolute atomic E-state index is 9.29. The Morgan fingerprint density at radius 2 is 1.43 bits per heavy atom. The van der Waals surface area contributed by atoms with Crippen LogP contribution in [0.5, 0.6) is 0 Å². The molecule has 3 rings (SSSR count). The van der Waals surface area contributed by atoms with Gasteiger partial charge >= 0.3 is 0 Å². The van der Waals surface area contributed by atoms with E-state index >= 15 is 0 Å². The Kier molecular flexibility index (Phi) is 5.84. The highest BCUT2D eigenvalue weighted by atomic mass is 15.3. The third kappa shape index (κ3) is 4.20. The van der Waals surface area contributed by atoms with Gasteiger partial charge < -0.3 is 16.0 Å². The summed E-state index contributed by atoms with van der Waals surface area (Å²) in [6.45, 7) is 20.0. The third-order valence-electron chi connectivity index (χ3n) is 7.85. The van der Waals surface area contributed by atoms with Crippen LogP contribution in [0.4, 0.5) is 0 Å². The number of nitrogens with zero attached hydrogens (tertiary/aromatic N) is 1. The summed E-state index contributed by atoms with van der Waals surface area (Å²) >= 11 is 0. The van der Waals surface area contributed by atoms with E-state index in [1.165, 1.54) is 32.1 Å². The van der Waals surface area contributed by atoms with Crippen molar-refractivity contribution in [2.24, 2.45) is 5.92 Å². The second-order valence-corrected chi connectivity index (χ2v) is 12.3. The van der Waals surface area contributed by atoms with Gasteiger partial charge in [0.1, 0.15) is 0 Å². The van der Waals surface area contributed by atoms with E-state index in [2.05, 4.69) is 70.9 Å². The van der Waals surface area contributed by atoms with E-state index in [1.807, 2.05) is 0 Å². The zero-order chi connectivity index (χ0) is 21.0. The summed E-state index contributed by atoms with van der Waals surface area (Å²) in [5.41, 5.74) is 1.24. The SMILES string of the molecule is CC1(C)CC(NC2C(=N)C3CCCCCCN(C3(C)C)C2(C)C)CC(C)(C)N1. The predicted octanol–water partition coefficient (Wildman–Crippen LogP) is 4.73. The van der Waals surface area contributed by atoms with Crippen LogP contribution in [0.25, 0.3) is 0 Å². The molecule has 3 atom stereocenters. The van der Waals surface area contributed by atoms with Crippen molar-refractivity contribution in [2.45, 2.75) is 135 Å². The maximum atomic E-state index is 9.29. The van der Waals surface area contributed by atoms with E-state index in [0.29, 0.717) is 12.0 Å². The summed E-state index contributed by atoms with van der Waals surface area (Å²) in [5.74, 6) is 0.360. The van der Waals surface area contributed by atoms with Crippen LogP contribution in [0, 0.1) is 11.3 Å². The average molecular weight is 391 g/mol. The molecule has 4 heteroatoms. The molecule has 0 radical (unpaired) electrons. The van der Waals surface area contributed by atoms with Crippen LogP contribution in [0.1, 0.15) is 100 Å². The third-order valence-corrected chi connectivity index (χ3v) is 7.85. The van der Waals surface area contributed by atoms with Crippen molar-refractivity contribution in [2.75, 3.05) is 6.54 Å². The molecular weight excluding hydrogens is 344 g/mol. The van der Waals surface area contributed by atoms with E-state index in [0.717, 1.165) is 25.1 Å². The predicted molar refractivity (Wildman–Crippen MR) is 120 cm³/mol. The van der Waals surface area contributed by atoms with Crippen molar-refractivity contribution in [3.8, 4) is 0 Å². The highest BCUT2D eigenvalue weighted by Gasteiger charge is 2.55. The van der Waals surface area contributed by atoms with Gasteiger partial charge in [0, 0.05) is 39.8 Å². The number of hydrogen-bond donors (Lipinski definition) is 3. The van der Waals surface area contributed by atoms with Gasteiger partial charge in [-0.05, 0) is 87.6 Å². The molecule has 162 valence electrons. The van der Waals surface area contributed by atoms with Gasteiger partial charge in [0.2, 0.25) is 0 Å². The molecule has 3 N–H and O–H groups in total. The molecule has 0 aromatic rings. The van der Waals surface area contributed by atoms with E-state index in [-0.39, 0.29) is 28.2 Å². The number of nitrogens with one attached hydrogen (secondary N) is 3. The molecule has 3 heterocycles. The van der Waals surface area contributed by atoms with Crippen molar-refractivity contribution in [1.82, 2.24) is 15.5 Å². The van der Waals surface area contributed by atoms with Crippen LogP contribution in [0.3, 0.4) is 0 Å². The van der Waals surface area contributed by atoms with E-state index in [1.54, 1.807) is 0 Å².